The van der Waals surface area contributed by atoms with E-state index in [2.05, 4.69) is 10.3 Å². The molecule has 0 saturated heterocycles. The number of pyridine rings is 1. The molecule has 0 aliphatic heterocycles. The van der Waals surface area contributed by atoms with Crippen molar-refractivity contribution in [3.8, 4) is 0 Å². The number of nitrogens with zero attached hydrogens (tertiary/aromatic N) is 1. The summed E-state index contributed by atoms with van der Waals surface area (Å²) in [7, 11) is 0. The molecule has 1 heterocycles. The van der Waals surface area contributed by atoms with E-state index in [-0.39, 0.29) is 6.04 Å². The lowest BCUT2D eigenvalue weighted by Gasteiger charge is -2.20. The number of hydrogen-bond acceptors (Lipinski definition) is 3. The first kappa shape index (κ1) is 13.2. The normalized spacial score (nSPS) is 13.7. The molecule has 4 heteroatoms. The largest absolute Gasteiger partial charge is 0.480 e. The van der Waals surface area contributed by atoms with Crippen LogP contribution in [0.3, 0.4) is 0 Å². The van der Waals surface area contributed by atoms with Gasteiger partial charge in [0.1, 0.15) is 6.04 Å². The minimum atomic E-state index is -0.894. The van der Waals surface area contributed by atoms with Gasteiger partial charge in [-0.15, -0.1) is 0 Å². The van der Waals surface area contributed by atoms with Crippen molar-refractivity contribution in [3.63, 3.8) is 0 Å². The first-order valence-electron chi connectivity index (χ1n) is 6.13. The van der Waals surface area contributed by atoms with E-state index in [1.54, 1.807) is 18.3 Å². The average molecular weight is 256 g/mol. The lowest BCUT2D eigenvalue weighted by molar-refractivity contribution is -0.139. The molecule has 0 bridgehead atoms. The van der Waals surface area contributed by atoms with Crippen LogP contribution >= 0.6 is 0 Å². The summed E-state index contributed by atoms with van der Waals surface area (Å²) in [4.78, 5) is 15.6. The Morgan fingerprint density at radius 3 is 2.42 bits per heavy atom. The molecule has 2 aromatic rings. The van der Waals surface area contributed by atoms with Crippen LogP contribution in [0.2, 0.25) is 0 Å². The van der Waals surface area contributed by atoms with Crippen molar-refractivity contribution in [1.29, 1.82) is 0 Å². The highest BCUT2D eigenvalue weighted by Crippen LogP contribution is 2.18. The van der Waals surface area contributed by atoms with Crippen molar-refractivity contribution in [2.45, 2.75) is 19.0 Å². The highest BCUT2D eigenvalue weighted by atomic mass is 16.4. The molecule has 0 amide bonds. The van der Waals surface area contributed by atoms with Gasteiger partial charge in [-0.2, -0.15) is 0 Å². The molecule has 19 heavy (non-hydrogen) atoms. The van der Waals surface area contributed by atoms with E-state index in [1.807, 2.05) is 43.3 Å². The molecule has 98 valence electrons. The van der Waals surface area contributed by atoms with Crippen LogP contribution in [0.15, 0.2) is 54.7 Å². The summed E-state index contributed by atoms with van der Waals surface area (Å²) in [5.74, 6) is -0.894. The first-order chi connectivity index (χ1) is 9.18. The summed E-state index contributed by atoms with van der Waals surface area (Å²) < 4.78 is 0. The van der Waals surface area contributed by atoms with Crippen molar-refractivity contribution in [3.05, 3.63) is 66.0 Å². The Balaban J connectivity index is 2.16. The molecule has 0 fully saturated rings. The van der Waals surface area contributed by atoms with Crippen LogP contribution in [0.5, 0.6) is 0 Å². The summed E-state index contributed by atoms with van der Waals surface area (Å²) >= 11 is 0. The summed E-state index contributed by atoms with van der Waals surface area (Å²) in [6.07, 6.45) is 1.70. The third kappa shape index (κ3) is 3.39. The molecule has 1 unspecified atom stereocenters. The van der Waals surface area contributed by atoms with E-state index in [0.29, 0.717) is 0 Å². The van der Waals surface area contributed by atoms with Gasteiger partial charge in [-0.25, -0.2) is 0 Å². The molecular weight excluding hydrogens is 240 g/mol. The highest BCUT2D eigenvalue weighted by molar-refractivity contribution is 5.75. The van der Waals surface area contributed by atoms with Gasteiger partial charge in [0.25, 0.3) is 0 Å². The summed E-state index contributed by atoms with van der Waals surface area (Å²) in [6, 6.07) is 13.9. The van der Waals surface area contributed by atoms with E-state index >= 15 is 0 Å². The second-order valence-corrected chi connectivity index (χ2v) is 4.32. The van der Waals surface area contributed by atoms with E-state index in [4.69, 9.17) is 0 Å². The van der Waals surface area contributed by atoms with Crippen LogP contribution in [0, 0.1) is 0 Å². The molecule has 0 spiro atoms. The molecule has 4 nitrogen and oxygen atoms in total. The van der Waals surface area contributed by atoms with Crippen LogP contribution in [0.1, 0.15) is 30.3 Å². The van der Waals surface area contributed by atoms with Gasteiger partial charge >= 0.3 is 5.97 Å². The van der Waals surface area contributed by atoms with Crippen LogP contribution in [-0.4, -0.2) is 16.1 Å². The number of hydrogen-bond donors (Lipinski definition) is 2. The lowest BCUT2D eigenvalue weighted by Crippen LogP contribution is -2.31. The zero-order valence-corrected chi connectivity index (χ0v) is 10.7. The Hall–Kier alpha value is -2.20. The predicted molar refractivity (Wildman–Crippen MR) is 72.6 cm³/mol. The molecule has 0 aliphatic carbocycles. The molecule has 0 aliphatic rings. The van der Waals surface area contributed by atoms with E-state index in [0.717, 1.165) is 11.3 Å². The fourth-order valence-electron chi connectivity index (χ4n) is 1.92. The zero-order valence-electron chi connectivity index (χ0n) is 10.7. The first-order valence-corrected chi connectivity index (χ1v) is 6.13. The van der Waals surface area contributed by atoms with E-state index in [9.17, 15) is 9.90 Å². The van der Waals surface area contributed by atoms with Crippen LogP contribution < -0.4 is 5.32 Å². The van der Waals surface area contributed by atoms with Gasteiger partial charge in [0.2, 0.25) is 0 Å². The topological polar surface area (TPSA) is 62.2 Å². The van der Waals surface area contributed by atoms with Gasteiger partial charge in [-0.05, 0) is 24.6 Å². The van der Waals surface area contributed by atoms with Crippen molar-refractivity contribution in [2.75, 3.05) is 0 Å². The number of benzene rings is 1. The number of aromatic nitrogens is 1. The maximum absolute atomic E-state index is 11.4. The Labute approximate surface area is 112 Å². The van der Waals surface area contributed by atoms with Crippen LogP contribution in [0.25, 0.3) is 0 Å². The number of nitrogens with one attached hydrogen (secondary N) is 1. The summed E-state index contributed by atoms with van der Waals surface area (Å²) in [5.41, 5.74) is 1.56. The third-order valence-corrected chi connectivity index (χ3v) is 2.93. The Bertz CT molecular complexity index is 528. The fourth-order valence-corrected chi connectivity index (χ4v) is 1.92. The predicted octanol–water partition coefficient (Wildman–Crippen LogP) is 2.56. The minimum Gasteiger partial charge on any atom is -0.480 e. The van der Waals surface area contributed by atoms with E-state index in [1.165, 1.54) is 0 Å². The maximum atomic E-state index is 11.4. The van der Waals surface area contributed by atoms with Gasteiger partial charge in [0.15, 0.2) is 0 Å². The molecule has 1 aromatic heterocycles. The SMILES string of the molecule is C[C@@H](NC(C(=O)O)c1ccccc1)c1ccccn1. The second-order valence-electron chi connectivity index (χ2n) is 4.32. The maximum Gasteiger partial charge on any atom is 0.325 e. The molecule has 2 rings (SSSR count). The number of aliphatic carboxylic acids is 1. The van der Waals surface area contributed by atoms with Gasteiger partial charge in [0, 0.05) is 12.2 Å². The number of carbonyl (C=O) groups is 1. The quantitative estimate of drug-likeness (QED) is 0.863. The van der Waals surface area contributed by atoms with Gasteiger partial charge in [-0.1, -0.05) is 36.4 Å². The zero-order chi connectivity index (χ0) is 13.7. The smallest absolute Gasteiger partial charge is 0.325 e. The fraction of sp³-hybridized carbons (Fsp3) is 0.200. The van der Waals surface area contributed by atoms with Crippen molar-refractivity contribution in [1.82, 2.24) is 10.3 Å². The van der Waals surface area contributed by atoms with Gasteiger partial charge < -0.3 is 5.11 Å². The second kappa shape index (κ2) is 6.11. The molecule has 0 radical (unpaired) electrons. The monoisotopic (exact) mass is 256 g/mol. The Morgan fingerprint density at radius 2 is 1.84 bits per heavy atom. The Kier molecular flexibility index (Phi) is 4.26. The van der Waals surface area contributed by atoms with Crippen molar-refractivity contribution >= 4 is 5.97 Å². The highest BCUT2D eigenvalue weighted by Gasteiger charge is 2.22. The molecule has 1 aromatic carbocycles. The minimum absolute atomic E-state index is 0.137. The summed E-state index contributed by atoms with van der Waals surface area (Å²) in [6.45, 7) is 1.90. The van der Waals surface area contributed by atoms with Crippen molar-refractivity contribution in [2.24, 2.45) is 0 Å². The third-order valence-electron chi connectivity index (χ3n) is 2.93. The lowest BCUT2D eigenvalue weighted by atomic mass is 10.1. The summed E-state index contributed by atoms with van der Waals surface area (Å²) in [5, 5.41) is 12.4. The molecule has 0 saturated carbocycles. The number of carboxylic acid groups (broad SMARTS) is 1. The van der Waals surface area contributed by atoms with Gasteiger partial charge in [-0.3, -0.25) is 15.1 Å². The standard InChI is InChI=1S/C15H16N2O2/c1-11(13-9-5-6-10-16-13)17-14(15(18)19)12-7-3-2-4-8-12/h2-11,14,17H,1H3,(H,18,19)/t11-,14?/m1/s1. The average Bonchev–Trinajstić information content (AvgIpc) is 2.46. The van der Waals surface area contributed by atoms with Crippen LogP contribution in [0.4, 0.5) is 0 Å². The Morgan fingerprint density at radius 1 is 1.16 bits per heavy atom. The van der Waals surface area contributed by atoms with Crippen LogP contribution in [-0.2, 0) is 4.79 Å². The molecule has 2 atom stereocenters. The number of rotatable bonds is 5. The molecule has 2 N–H and O–H groups in total. The van der Waals surface area contributed by atoms with Crippen molar-refractivity contribution < 1.29 is 9.90 Å². The van der Waals surface area contributed by atoms with Gasteiger partial charge in [0.05, 0.1) is 5.69 Å². The number of carboxylic acids is 1. The van der Waals surface area contributed by atoms with E-state index < -0.39 is 12.0 Å². The molecular formula is C15H16N2O2.